The fourth-order valence-electron chi connectivity index (χ4n) is 6.87. The van der Waals surface area contributed by atoms with E-state index in [0.717, 1.165) is 83.5 Å². The molecule has 0 saturated heterocycles. The molecule has 0 bridgehead atoms. The van der Waals surface area contributed by atoms with Crippen LogP contribution < -0.4 is 0 Å². The van der Waals surface area contributed by atoms with Gasteiger partial charge in [-0.3, -0.25) is 18.6 Å². The molecule has 0 aromatic rings. The first-order chi connectivity index (χ1) is 30.5. The van der Waals surface area contributed by atoms with Crippen LogP contribution in [-0.4, -0.2) is 74.9 Å². The van der Waals surface area contributed by atoms with E-state index in [1.165, 1.54) is 96.3 Å². The molecule has 63 heavy (non-hydrogen) atoms. The summed E-state index contributed by atoms with van der Waals surface area (Å²) in [6.45, 7) is 4.31. The van der Waals surface area contributed by atoms with Crippen LogP contribution in [0.1, 0.15) is 213 Å². The molecule has 366 valence electrons. The molecule has 9 nitrogen and oxygen atoms in total. The third-order valence-electron chi connectivity index (χ3n) is 10.8. The predicted octanol–water partition coefficient (Wildman–Crippen LogP) is 15.2. The second-order valence-corrected chi connectivity index (χ2v) is 19.6. The average molecular weight is 907 g/mol. The van der Waals surface area contributed by atoms with E-state index in [4.69, 9.17) is 18.5 Å². The normalized spacial score (nSPS) is 13.9. The summed E-state index contributed by atoms with van der Waals surface area (Å²) in [4.78, 5) is 35.5. The first-order valence-corrected chi connectivity index (χ1v) is 27.0. The molecule has 10 heteroatoms. The molecule has 0 fully saturated rings. The molecule has 0 rings (SSSR count). The number of allylic oxidation sites excluding steroid dienone is 10. The molecule has 0 aromatic heterocycles. The van der Waals surface area contributed by atoms with Gasteiger partial charge in [0.15, 0.2) is 6.10 Å². The molecule has 0 radical (unpaired) electrons. The highest BCUT2D eigenvalue weighted by Crippen LogP contribution is 2.43. The zero-order chi connectivity index (χ0) is 46.4. The van der Waals surface area contributed by atoms with Crippen LogP contribution in [0.2, 0.25) is 0 Å². The highest BCUT2D eigenvalue weighted by molar-refractivity contribution is 7.47. The molecule has 0 aliphatic carbocycles. The standard InChI is InChI=1S/C53H96NO8P/c1-6-8-10-12-14-16-18-20-22-24-26-27-28-30-32-34-36-38-40-42-44-46-53(56)62-51(50-61-63(57,58)60-48-47-54(3,4)5)49-59-52(55)45-43-41-39-37-35-33-31-29-25-23-21-19-17-15-13-11-9-7-2/h8,10,14,16,20,22,26-27,30,32,51H,6-7,9,11-13,15,17-19,21,23-25,28-29,31,33-50H2,1-5H3/p+1/b10-8-,16-14-,22-20-,27-26-,32-30-. The summed E-state index contributed by atoms with van der Waals surface area (Å²) in [6, 6.07) is 0. The lowest BCUT2D eigenvalue weighted by Gasteiger charge is -2.24. The molecule has 0 aliphatic rings. The van der Waals surface area contributed by atoms with Crippen molar-refractivity contribution in [2.75, 3.05) is 47.5 Å². The van der Waals surface area contributed by atoms with Gasteiger partial charge in [0, 0.05) is 12.8 Å². The van der Waals surface area contributed by atoms with Gasteiger partial charge in [-0.25, -0.2) is 4.57 Å². The van der Waals surface area contributed by atoms with Crippen LogP contribution in [0, 0.1) is 0 Å². The second-order valence-electron chi connectivity index (χ2n) is 18.2. The molecule has 0 saturated carbocycles. The maximum atomic E-state index is 12.8. The zero-order valence-electron chi connectivity index (χ0n) is 41.3. The Morgan fingerprint density at radius 3 is 1.35 bits per heavy atom. The van der Waals surface area contributed by atoms with E-state index in [1.807, 2.05) is 21.1 Å². The maximum absolute atomic E-state index is 12.8. The van der Waals surface area contributed by atoms with Gasteiger partial charge >= 0.3 is 19.8 Å². The number of nitrogens with zero attached hydrogens (tertiary/aromatic N) is 1. The van der Waals surface area contributed by atoms with Crippen molar-refractivity contribution in [1.29, 1.82) is 0 Å². The van der Waals surface area contributed by atoms with Gasteiger partial charge in [-0.2, -0.15) is 0 Å². The Morgan fingerprint density at radius 2 is 0.905 bits per heavy atom. The molecule has 1 N–H and O–H groups in total. The number of unbranched alkanes of at least 4 members (excludes halogenated alkanes) is 22. The highest BCUT2D eigenvalue weighted by Gasteiger charge is 2.27. The Morgan fingerprint density at radius 1 is 0.508 bits per heavy atom. The van der Waals surface area contributed by atoms with Crippen LogP contribution in [0.5, 0.6) is 0 Å². The van der Waals surface area contributed by atoms with Crippen LogP contribution in [0.3, 0.4) is 0 Å². The van der Waals surface area contributed by atoms with Crippen molar-refractivity contribution in [3.05, 3.63) is 60.8 Å². The summed E-state index contributed by atoms with van der Waals surface area (Å²) in [6.07, 6.45) is 55.5. The fourth-order valence-corrected chi connectivity index (χ4v) is 7.61. The van der Waals surface area contributed by atoms with Crippen molar-refractivity contribution in [3.8, 4) is 0 Å². The van der Waals surface area contributed by atoms with Crippen LogP contribution in [-0.2, 0) is 32.7 Å². The minimum absolute atomic E-state index is 0.0262. The number of likely N-dealkylation sites (N-methyl/N-ethyl adjacent to an activating group) is 1. The highest BCUT2D eigenvalue weighted by atomic mass is 31.2. The number of quaternary nitrogens is 1. The minimum Gasteiger partial charge on any atom is -0.462 e. The number of hydrogen-bond donors (Lipinski definition) is 1. The van der Waals surface area contributed by atoms with Gasteiger partial charge in [-0.15, -0.1) is 0 Å². The van der Waals surface area contributed by atoms with Crippen molar-refractivity contribution in [2.45, 2.75) is 219 Å². The van der Waals surface area contributed by atoms with Gasteiger partial charge in [0.2, 0.25) is 0 Å². The first-order valence-electron chi connectivity index (χ1n) is 25.5. The number of phosphoric acid groups is 1. The Hall–Kier alpha value is -2.29. The van der Waals surface area contributed by atoms with E-state index in [9.17, 15) is 19.0 Å². The van der Waals surface area contributed by atoms with Gasteiger partial charge in [0.1, 0.15) is 19.8 Å². The lowest BCUT2D eigenvalue weighted by molar-refractivity contribution is -0.870. The van der Waals surface area contributed by atoms with Crippen LogP contribution in [0.4, 0.5) is 0 Å². The summed E-state index contributed by atoms with van der Waals surface area (Å²) < 4.78 is 34.4. The molecule has 2 atom stereocenters. The van der Waals surface area contributed by atoms with Gasteiger partial charge in [0.25, 0.3) is 0 Å². The van der Waals surface area contributed by atoms with Crippen LogP contribution >= 0.6 is 7.82 Å². The minimum atomic E-state index is -4.39. The van der Waals surface area contributed by atoms with Gasteiger partial charge < -0.3 is 18.9 Å². The summed E-state index contributed by atoms with van der Waals surface area (Å²) in [5.74, 6) is -0.816. The van der Waals surface area contributed by atoms with Crippen LogP contribution in [0.25, 0.3) is 0 Å². The molecule has 0 spiro atoms. The fraction of sp³-hybridized carbons (Fsp3) is 0.774. The molecule has 0 heterocycles. The number of hydrogen-bond acceptors (Lipinski definition) is 7. The third kappa shape index (κ3) is 49.0. The van der Waals surface area contributed by atoms with Crippen molar-refractivity contribution in [1.82, 2.24) is 0 Å². The Labute approximate surface area is 387 Å². The molecule has 0 aliphatic heterocycles. The quantitative estimate of drug-likeness (QED) is 0.0212. The summed E-state index contributed by atoms with van der Waals surface area (Å²) in [7, 11) is 1.46. The Kier molecular flexibility index (Phi) is 43.3. The largest absolute Gasteiger partial charge is 0.472 e. The number of ether oxygens (including phenoxy) is 2. The van der Waals surface area contributed by atoms with E-state index in [0.29, 0.717) is 17.4 Å². The summed E-state index contributed by atoms with van der Waals surface area (Å²) in [5.41, 5.74) is 0. The van der Waals surface area contributed by atoms with E-state index in [1.54, 1.807) is 0 Å². The summed E-state index contributed by atoms with van der Waals surface area (Å²) >= 11 is 0. The van der Waals surface area contributed by atoms with Crippen molar-refractivity contribution in [2.24, 2.45) is 0 Å². The van der Waals surface area contributed by atoms with Gasteiger partial charge in [-0.1, -0.05) is 203 Å². The molecular formula is C53H97NO8P+. The molecular weight excluding hydrogens is 810 g/mol. The second kappa shape index (κ2) is 44.9. The van der Waals surface area contributed by atoms with Crippen molar-refractivity contribution in [3.63, 3.8) is 0 Å². The molecule has 2 unspecified atom stereocenters. The topological polar surface area (TPSA) is 108 Å². The molecule has 0 amide bonds. The smallest absolute Gasteiger partial charge is 0.462 e. The summed E-state index contributed by atoms with van der Waals surface area (Å²) in [5, 5.41) is 0. The van der Waals surface area contributed by atoms with E-state index >= 15 is 0 Å². The first kappa shape index (κ1) is 60.7. The Balaban J connectivity index is 4.30. The lowest BCUT2D eigenvalue weighted by Crippen LogP contribution is -2.37. The number of carbonyl (C=O) groups is 2. The monoisotopic (exact) mass is 907 g/mol. The average Bonchev–Trinajstić information content (AvgIpc) is 3.24. The number of rotatable bonds is 46. The number of esters is 2. The van der Waals surface area contributed by atoms with E-state index < -0.39 is 26.5 Å². The molecule has 0 aromatic carbocycles. The Bertz CT molecular complexity index is 1250. The van der Waals surface area contributed by atoms with Crippen LogP contribution in [0.15, 0.2) is 60.8 Å². The SMILES string of the molecule is CC/C=C\C/C=C\C/C=C\C/C=C\C/C=C\CCCCCCCC(=O)OC(COC(=O)CCCCCCCCCCCCCCCCCCCC)COP(=O)(O)OCC[N+](C)(C)C. The maximum Gasteiger partial charge on any atom is 0.472 e. The zero-order valence-corrected chi connectivity index (χ0v) is 42.2. The van der Waals surface area contributed by atoms with Crippen molar-refractivity contribution >= 4 is 19.8 Å². The van der Waals surface area contributed by atoms with Gasteiger partial charge in [-0.05, 0) is 57.8 Å². The van der Waals surface area contributed by atoms with E-state index in [2.05, 4.69) is 74.6 Å². The number of carbonyl (C=O) groups excluding carboxylic acids is 2. The van der Waals surface area contributed by atoms with E-state index in [-0.39, 0.29) is 32.0 Å². The lowest BCUT2D eigenvalue weighted by atomic mass is 10.0. The van der Waals surface area contributed by atoms with Gasteiger partial charge in [0.05, 0.1) is 27.7 Å². The number of phosphoric ester groups is 1. The third-order valence-corrected chi connectivity index (χ3v) is 11.8. The van der Waals surface area contributed by atoms with Crippen molar-refractivity contribution < 1.29 is 42.1 Å². The predicted molar refractivity (Wildman–Crippen MR) is 266 cm³/mol.